The summed E-state index contributed by atoms with van der Waals surface area (Å²) in [6.07, 6.45) is 0.544. The zero-order valence-corrected chi connectivity index (χ0v) is 15.9. The van der Waals surface area contributed by atoms with Gasteiger partial charge in [-0.15, -0.1) is 0 Å². The molecule has 25 heavy (non-hydrogen) atoms. The lowest BCUT2D eigenvalue weighted by Crippen LogP contribution is -2.26. The Hall–Kier alpha value is -1.69. The summed E-state index contributed by atoms with van der Waals surface area (Å²) in [6, 6.07) is 15.1. The van der Waals surface area contributed by atoms with Gasteiger partial charge in [0.1, 0.15) is 0 Å². The molecule has 0 aliphatic heterocycles. The molecule has 0 saturated carbocycles. The van der Waals surface area contributed by atoms with Gasteiger partial charge in [-0.3, -0.25) is 0 Å². The monoisotopic (exact) mass is 360 g/mol. The van der Waals surface area contributed by atoms with Crippen LogP contribution in [-0.4, -0.2) is 33.8 Å². The maximum absolute atomic E-state index is 12.5. The summed E-state index contributed by atoms with van der Waals surface area (Å²) in [4.78, 5) is 0.400. The van der Waals surface area contributed by atoms with Gasteiger partial charge in [-0.2, -0.15) is 0 Å². The van der Waals surface area contributed by atoms with Gasteiger partial charge in [0.25, 0.3) is 0 Å². The Labute approximate surface area is 151 Å². The van der Waals surface area contributed by atoms with Gasteiger partial charge in [0, 0.05) is 19.6 Å². The van der Waals surface area contributed by atoms with Gasteiger partial charge >= 0.3 is 0 Å². The van der Waals surface area contributed by atoms with E-state index in [1.807, 2.05) is 43.3 Å². The second kappa shape index (κ2) is 9.70. The number of hydrogen-bond acceptors (Lipinski definition) is 4. The van der Waals surface area contributed by atoms with E-state index in [4.69, 9.17) is 0 Å². The van der Waals surface area contributed by atoms with Gasteiger partial charge in [-0.05, 0) is 48.7 Å². The first-order valence-electron chi connectivity index (χ1n) is 8.80. The van der Waals surface area contributed by atoms with Crippen LogP contribution >= 0.6 is 0 Å². The van der Waals surface area contributed by atoms with Gasteiger partial charge in [0.2, 0.25) is 0 Å². The second-order valence-corrected chi connectivity index (χ2v) is 8.28. The van der Waals surface area contributed by atoms with Crippen LogP contribution in [0.1, 0.15) is 23.6 Å². The van der Waals surface area contributed by atoms with Crippen molar-refractivity contribution in [2.24, 2.45) is 0 Å². The van der Waals surface area contributed by atoms with E-state index in [0.29, 0.717) is 11.3 Å². The van der Waals surface area contributed by atoms with E-state index in [9.17, 15) is 8.42 Å². The highest BCUT2D eigenvalue weighted by Gasteiger charge is 2.14. The fourth-order valence-electron chi connectivity index (χ4n) is 2.65. The number of sulfone groups is 1. The van der Waals surface area contributed by atoms with Crippen LogP contribution in [0, 0.1) is 6.92 Å². The van der Waals surface area contributed by atoms with Crippen LogP contribution in [-0.2, 0) is 22.8 Å². The molecule has 2 rings (SSSR count). The summed E-state index contributed by atoms with van der Waals surface area (Å²) < 4.78 is 25.1. The third kappa shape index (κ3) is 6.27. The molecule has 0 unspecified atom stereocenters. The molecule has 2 aromatic rings. The van der Waals surface area contributed by atoms with Crippen molar-refractivity contribution in [3.8, 4) is 0 Å². The normalized spacial score (nSPS) is 11.6. The molecule has 0 aromatic heterocycles. The SMILES string of the molecule is CCNCCNCc1ccc(S(=O)(=O)CCc2ccccc2C)cc1. The number of benzene rings is 2. The van der Waals surface area contributed by atoms with Crippen LogP contribution in [0.2, 0.25) is 0 Å². The Kier molecular flexibility index (Phi) is 7.62. The summed E-state index contributed by atoms with van der Waals surface area (Å²) in [5.41, 5.74) is 3.32. The average Bonchev–Trinajstić information content (AvgIpc) is 2.61. The fraction of sp³-hybridized carbons (Fsp3) is 0.400. The van der Waals surface area contributed by atoms with E-state index >= 15 is 0 Å². The van der Waals surface area contributed by atoms with Crippen molar-refractivity contribution >= 4 is 9.84 Å². The summed E-state index contributed by atoms with van der Waals surface area (Å²) in [7, 11) is -3.25. The predicted molar refractivity (Wildman–Crippen MR) is 104 cm³/mol. The van der Waals surface area contributed by atoms with Gasteiger partial charge in [-0.1, -0.05) is 43.3 Å². The zero-order chi connectivity index (χ0) is 18.1. The van der Waals surface area contributed by atoms with Crippen molar-refractivity contribution in [2.75, 3.05) is 25.4 Å². The summed E-state index contributed by atoms with van der Waals surface area (Å²) in [6.45, 7) is 7.63. The minimum absolute atomic E-state index is 0.137. The number of aryl methyl sites for hydroxylation is 2. The van der Waals surface area contributed by atoms with E-state index < -0.39 is 9.84 Å². The molecular weight excluding hydrogens is 332 g/mol. The minimum atomic E-state index is -3.25. The van der Waals surface area contributed by atoms with Gasteiger partial charge in [0.05, 0.1) is 10.6 Å². The third-order valence-electron chi connectivity index (χ3n) is 4.24. The van der Waals surface area contributed by atoms with Crippen molar-refractivity contribution in [2.45, 2.75) is 31.7 Å². The summed E-state index contributed by atoms with van der Waals surface area (Å²) >= 11 is 0. The number of rotatable bonds is 10. The smallest absolute Gasteiger partial charge is 0.178 e. The largest absolute Gasteiger partial charge is 0.316 e. The quantitative estimate of drug-likeness (QED) is 0.640. The van der Waals surface area contributed by atoms with Crippen LogP contribution in [0.4, 0.5) is 0 Å². The molecule has 4 nitrogen and oxygen atoms in total. The van der Waals surface area contributed by atoms with Crippen molar-refractivity contribution in [1.82, 2.24) is 10.6 Å². The van der Waals surface area contributed by atoms with Gasteiger partial charge < -0.3 is 10.6 Å². The average molecular weight is 361 g/mol. The number of hydrogen-bond donors (Lipinski definition) is 2. The Morgan fingerprint density at radius 1 is 0.920 bits per heavy atom. The van der Waals surface area contributed by atoms with Gasteiger partial charge in [-0.25, -0.2) is 8.42 Å². The highest BCUT2D eigenvalue weighted by molar-refractivity contribution is 7.91. The molecule has 136 valence electrons. The van der Waals surface area contributed by atoms with Crippen molar-refractivity contribution in [1.29, 1.82) is 0 Å². The first kappa shape index (κ1) is 19.6. The molecule has 0 bridgehead atoms. The first-order valence-corrected chi connectivity index (χ1v) is 10.5. The molecular formula is C20H28N2O2S. The van der Waals surface area contributed by atoms with Crippen molar-refractivity contribution < 1.29 is 8.42 Å². The number of nitrogens with one attached hydrogen (secondary N) is 2. The Morgan fingerprint density at radius 3 is 2.28 bits per heavy atom. The minimum Gasteiger partial charge on any atom is -0.316 e. The lowest BCUT2D eigenvalue weighted by atomic mass is 10.1. The molecule has 0 radical (unpaired) electrons. The standard InChI is InChI=1S/C20H28N2O2S/c1-3-21-13-14-22-16-18-8-10-20(11-9-18)25(23,24)15-12-19-7-5-4-6-17(19)2/h4-11,21-22H,3,12-16H2,1-2H3. The molecule has 0 saturated heterocycles. The molecule has 0 atom stereocenters. The molecule has 0 aliphatic carbocycles. The van der Waals surface area contributed by atoms with Crippen molar-refractivity contribution in [3.05, 3.63) is 65.2 Å². The van der Waals surface area contributed by atoms with Crippen LogP contribution in [0.3, 0.4) is 0 Å². The molecule has 0 spiro atoms. The van der Waals surface area contributed by atoms with Crippen LogP contribution in [0.25, 0.3) is 0 Å². The van der Waals surface area contributed by atoms with Crippen LogP contribution < -0.4 is 10.6 Å². The second-order valence-electron chi connectivity index (χ2n) is 6.17. The van der Waals surface area contributed by atoms with Gasteiger partial charge in [0.15, 0.2) is 9.84 Å². The summed E-state index contributed by atoms with van der Waals surface area (Å²) in [5, 5.41) is 6.59. The maximum Gasteiger partial charge on any atom is 0.178 e. The molecule has 2 aromatic carbocycles. The van der Waals surface area contributed by atoms with E-state index in [1.165, 1.54) is 0 Å². The first-order chi connectivity index (χ1) is 12.0. The lowest BCUT2D eigenvalue weighted by molar-refractivity contribution is 0.595. The Bertz CT molecular complexity index is 756. The third-order valence-corrected chi connectivity index (χ3v) is 5.97. The maximum atomic E-state index is 12.5. The molecule has 5 heteroatoms. The predicted octanol–water partition coefficient (Wildman–Crippen LogP) is 2.71. The molecule has 0 heterocycles. The molecule has 0 fully saturated rings. The fourth-order valence-corrected chi connectivity index (χ4v) is 3.93. The highest BCUT2D eigenvalue weighted by Crippen LogP contribution is 2.16. The molecule has 0 aliphatic rings. The van der Waals surface area contributed by atoms with E-state index in [1.54, 1.807) is 12.1 Å². The molecule has 2 N–H and O–H groups in total. The molecule has 0 amide bonds. The van der Waals surface area contributed by atoms with Crippen LogP contribution in [0.5, 0.6) is 0 Å². The topological polar surface area (TPSA) is 58.2 Å². The van der Waals surface area contributed by atoms with Crippen molar-refractivity contribution in [3.63, 3.8) is 0 Å². The van der Waals surface area contributed by atoms with Crippen LogP contribution in [0.15, 0.2) is 53.4 Å². The highest BCUT2D eigenvalue weighted by atomic mass is 32.2. The summed E-state index contributed by atoms with van der Waals surface area (Å²) in [5.74, 6) is 0.137. The van der Waals surface area contributed by atoms with E-state index in [2.05, 4.69) is 17.6 Å². The van der Waals surface area contributed by atoms with E-state index in [0.717, 1.165) is 42.9 Å². The zero-order valence-electron chi connectivity index (χ0n) is 15.1. The lowest BCUT2D eigenvalue weighted by Gasteiger charge is -2.09. The number of likely N-dealkylation sites (N-methyl/N-ethyl adjacent to an activating group) is 1. The Morgan fingerprint density at radius 2 is 1.60 bits per heavy atom. The van der Waals surface area contributed by atoms with E-state index in [-0.39, 0.29) is 5.75 Å². The Balaban J connectivity index is 1.90.